The van der Waals surface area contributed by atoms with Gasteiger partial charge in [0.15, 0.2) is 0 Å². The molecule has 1 saturated heterocycles. The summed E-state index contributed by atoms with van der Waals surface area (Å²) in [7, 11) is 0. The second kappa shape index (κ2) is 9.77. The van der Waals surface area contributed by atoms with E-state index in [-0.39, 0.29) is 36.3 Å². The van der Waals surface area contributed by atoms with Crippen LogP contribution in [0.4, 0.5) is 0 Å². The molecule has 1 aromatic rings. The van der Waals surface area contributed by atoms with Gasteiger partial charge in [0.1, 0.15) is 0 Å². The third kappa shape index (κ3) is 5.10. The normalized spacial score (nSPS) is 21.1. The first-order valence-corrected chi connectivity index (χ1v) is 8.94. The molecule has 0 bridgehead atoms. The van der Waals surface area contributed by atoms with Crippen molar-refractivity contribution >= 4 is 30.7 Å². The molecule has 142 valence electrons. The molecule has 0 aromatic heterocycles. The van der Waals surface area contributed by atoms with E-state index in [2.05, 4.69) is 35.2 Å². The minimum absolute atomic E-state index is 0. The number of halogens is 2. The van der Waals surface area contributed by atoms with Gasteiger partial charge in [-0.25, -0.2) is 0 Å². The highest BCUT2D eigenvalue weighted by molar-refractivity contribution is 5.85. The van der Waals surface area contributed by atoms with Gasteiger partial charge in [0.2, 0.25) is 5.91 Å². The molecular formula is C19H31Cl2N3O. The number of piperazine rings is 1. The minimum atomic E-state index is -0.392. The maximum absolute atomic E-state index is 12.4. The molecule has 0 radical (unpaired) electrons. The number of rotatable bonds is 3. The quantitative estimate of drug-likeness (QED) is 0.865. The number of carbonyl (C=O) groups excluding carboxylic acids is 1. The summed E-state index contributed by atoms with van der Waals surface area (Å²) in [5, 5.41) is 0. The van der Waals surface area contributed by atoms with E-state index in [1.807, 2.05) is 4.90 Å². The number of amides is 1. The van der Waals surface area contributed by atoms with Crippen molar-refractivity contribution in [2.45, 2.75) is 57.2 Å². The predicted molar refractivity (Wildman–Crippen MR) is 107 cm³/mol. The number of carbonyl (C=O) groups is 1. The standard InChI is InChI=1S/C19H29N3O.2ClH/c1-16(20)18(23)21-12-13-22(14-17-8-4-2-5-9-17)19(15-21)10-6-3-7-11-19;;/h2,4-5,8-9,16H,3,6-7,10-15,20H2,1H3;2*1H/t16-;;/m1../s1. The molecule has 1 atom stereocenters. The molecule has 1 aromatic carbocycles. The van der Waals surface area contributed by atoms with Gasteiger partial charge < -0.3 is 10.6 Å². The van der Waals surface area contributed by atoms with Crippen LogP contribution in [0.5, 0.6) is 0 Å². The highest BCUT2D eigenvalue weighted by Crippen LogP contribution is 2.37. The highest BCUT2D eigenvalue weighted by atomic mass is 35.5. The Kier molecular flexibility index (Phi) is 8.69. The van der Waals surface area contributed by atoms with Crippen LogP contribution in [0.2, 0.25) is 0 Å². The molecule has 25 heavy (non-hydrogen) atoms. The largest absolute Gasteiger partial charge is 0.338 e. The van der Waals surface area contributed by atoms with Crippen molar-refractivity contribution in [1.82, 2.24) is 9.80 Å². The number of hydrogen-bond acceptors (Lipinski definition) is 3. The van der Waals surface area contributed by atoms with E-state index < -0.39 is 6.04 Å². The fourth-order valence-corrected chi connectivity index (χ4v) is 4.22. The van der Waals surface area contributed by atoms with E-state index in [1.54, 1.807) is 6.92 Å². The molecular weight excluding hydrogens is 357 g/mol. The molecule has 1 aliphatic heterocycles. The van der Waals surface area contributed by atoms with Crippen LogP contribution in [0.3, 0.4) is 0 Å². The molecule has 1 heterocycles. The lowest BCUT2D eigenvalue weighted by atomic mass is 9.78. The number of hydrogen-bond donors (Lipinski definition) is 1. The van der Waals surface area contributed by atoms with Crippen molar-refractivity contribution in [3.8, 4) is 0 Å². The van der Waals surface area contributed by atoms with Crippen LogP contribution in [-0.2, 0) is 11.3 Å². The third-order valence-electron chi connectivity index (χ3n) is 5.50. The Hall–Kier alpha value is -0.810. The minimum Gasteiger partial charge on any atom is -0.338 e. The molecule has 6 heteroatoms. The zero-order valence-electron chi connectivity index (χ0n) is 15.0. The average Bonchev–Trinajstić information content (AvgIpc) is 2.58. The monoisotopic (exact) mass is 387 g/mol. The second-order valence-corrected chi connectivity index (χ2v) is 7.24. The Morgan fingerprint density at radius 3 is 2.36 bits per heavy atom. The van der Waals surface area contributed by atoms with Gasteiger partial charge in [-0.05, 0) is 25.3 Å². The van der Waals surface area contributed by atoms with Crippen LogP contribution in [0, 0.1) is 0 Å². The van der Waals surface area contributed by atoms with Crippen molar-refractivity contribution in [2.24, 2.45) is 5.73 Å². The molecule has 2 N–H and O–H groups in total. The summed E-state index contributed by atoms with van der Waals surface area (Å²) < 4.78 is 0. The van der Waals surface area contributed by atoms with Crippen LogP contribution >= 0.6 is 24.8 Å². The van der Waals surface area contributed by atoms with Gasteiger partial charge in [0.25, 0.3) is 0 Å². The first kappa shape index (κ1) is 22.2. The van der Waals surface area contributed by atoms with E-state index in [4.69, 9.17) is 5.73 Å². The van der Waals surface area contributed by atoms with E-state index in [0.717, 1.165) is 26.2 Å². The molecule has 4 nitrogen and oxygen atoms in total. The van der Waals surface area contributed by atoms with Crippen molar-refractivity contribution in [2.75, 3.05) is 19.6 Å². The Morgan fingerprint density at radius 2 is 1.76 bits per heavy atom. The number of nitrogens with two attached hydrogens (primary N) is 1. The van der Waals surface area contributed by atoms with Crippen molar-refractivity contribution < 1.29 is 4.79 Å². The van der Waals surface area contributed by atoms with Gasteiger partial charge in [-0.15, -0.1) is 24.8 Å². The summed E-state index contributed by atoms with van der Waals surface area (Å²) in [5.74, 6) is 0.106. The lowest BCUT2D eigenvalue weighted by Crippen LogP contribution is -2.64. The van der Waals surface area contributed by atoms with Crippen LogP contribution in [0.25, 0.3) is 0 Å². The Labute approximate surface area is 163 Å². The van der Waals surface area contributed by atoms with E-state index in [0.29, 0.717) is 0 Å². The van der Waals surface area contributed by atoms with Gasteiger partial charge in [0, 0.05) is 31.7 Å². The fraction of sp³-hybridized carbons (Fsp3) is 0.632. The summed E-state index contributed by atoms with van der Waals surface area (Å²) in [5.41, 5.74) is 7.35. The van der Waals surface area contributed by atoms with Crippen LogP contribution < -0.4 is 5.73 Å². The number of nitrogens with zero attached hydrogens (tertiary/aromatic N) is 2. The molecule has 1 aliphatic carbocycles. The van der Waals surface area contributed by atoms with Crippen molar-refractivity contribution in [1.29, 1.82) is 0 Å². The molecule has 3 rings (SSSR count). The maximum atomic E-state index is 12.4. The molecule has 2 aliphatic rings. The summed E-state index contributed by atoms with van der Waals surface area (Å²) in [6, 6.07) is 10.3. The second-order valence-electron chi connectivity index (χ2n) is 7.24. The van der Waals surface area contributed by atoms with Gasteiger partial charge in [-0.1, -0.05) is 49.6 Å². The molecule has 0 unspecified atom stereocenters. The Morgan fingerprint density at radius 1 is 1.12 bits per heavy atom. The van der Waals surface area contributed by atoms with Gasteiger partial charge in [-0.3, -0.25) is 9.69 Å². The Bertz CT molecular complexity index is 533. The van der Waals surface area contributed by atoms with Crippen LogP contribution in [0.15, 0.2) is 30.3 Å². The summed E-state index contributed by atoms with van der Waals surface area (Å²) in [6.45, 7) is 5.38. The van der Waals surface area contributed by atoms with Crippen molar-refractivity contribution in [3.05, 3.63) is 35.9 Å². The van der Waals surface area contributed by atoms with Gasteiger partial charge >= 0.3 is 0 Å². The Balaban J connectivity index is 0.00000156. The molecule has 1 amide bonds. The van der Waals surface area contributed by atoms with Crippen LogP contribution in [0.1, 0.15) is 44.6 Å². The third-order valence-corrected chi connectivity index (χ3v) is 5.50. The molecule has 2 fully saturated rings. The zero-order chi connectivity index (χ0) is 16.3. The predicted octanol–water partition coefficient (Wildman–Crippen LogP) is 3.22. The van der Waals surface area contributed by atoms with Crippen LogP contribution in [-0.4, -0.2) is 46.9 Å². The van der Waals surface area contributed by atoms with Crippen molar-refractivity contribution in [3.63, 3.8) is 0 Å². The fourth-order valence-electron chi connectivity index (χ4n) is 4.22. The average molecular weight is 388 g/mol. The first-order chi connectivity index (χ1) is 11.1. The lowest BCUT2D eigenvalue weighted by Gasteiger charge is -2.53. The molecule has 1 spiro atoms. The van der Waals surface area contributed by atoms with Gasteiger partial charge in [0.05, 0.1) is 6.04 Å². The summed E-state index contributed by atoms with van der Waals surface area (Å²) in [4.78, 5) is 17.0. The summed E-state index contributed by atoms with van der Waals surface area (Å²) >= 11 is 0. The van der Waals surface area contributed by atoms with E-state index >= 15 is 0 Å². The number of benzene rings is 1. The topological polar surface area (TPSA) is 49.6 Å². The zero-order valence-corrected chi connectivity index (χ0v) is 16.7. The SMILES string of the molecule is C[C@@H](N)C(=O)N1CCN(Cc2ccccc2)C2(CCCCC2)C1.Cl.Cl. The lowest BCUT2D eigenvalue weighted by molar-refractivity contribution is -0.139. The highest BCUT2D eigenvalue weighted by Gasteiger charge is 2.43. The van der Waals surface area contributed by atoms with E-state index in [9.17, 15) is 4.79 Å². The molecule has 1 saturated carbocycles. The first-order valence-electron chi connectivity index (χ1n) is 8.94. The van der Waals surface area contributed by atoms with E-state index in [1.165, 1.54) is 37.7 Å². The van der Waals surface area contributed by atoms with Gasteiger partial charge in [-0.2, -0.15) is 0 Å². The summed E-state index contributed by atoms with van der Waals surface area (Å²) in [6.07, 6.45) is 6.25. The smallest absolute Gasteiger partial charge is 0.239 e. The maximum Gasteiger partial charge on any atom is 0.239 e.